The first-order chi connectivity index (χ1) is 20.0. The standard InChI is InChI=1S/C28H31ClF3N9O/c29-20-6-4-19(5-7-20)27(12-13-27)39-26-37-22(10-11-28(30,31)32)36-25(38-26)35-21-8-2-18(3-9-21)23(42)40-14-1-15-41(17-16-40)24(33)34/h2-9H,1,10-17H2,(H3,33,34)(H2,35,36,37,38,39). The highest BCUT2D eigenvalue weighted by Gasteiger charge is 2.45. The maximum absolute atomic E-state index is 13.1. The molecule has 10 nitrogen and oxygen atoms in total. The van der Waals surface area contributed by atoms with E-state index in [-0.39, 0.29) is 29.6 Å². The molecule has 1 saturated heterocycles. The van der Waals surface area contributed by atoms with Crippen molar-refractivity contribution in [2.75, 3.05) is 36.8 Å². The van der Waals surface area contributed by atoms with E-state index in [2.05, 4.69) is 25.6 Å². The second-order valence-electron chi connectivity index (χ2n) is 10.4. The lowest BCUT2D eigenvalue weighted by Gasteiger charge is -2.22. The number of carbonyl (C=O) groups is 1. The lowest BCUT2D eigenvalue weighted by molar-refractivity contribution is -0.134. The van der Waals surface area contributed by atoms with Crippen LogP contribution in [-0.4, -0.2) is 69.0 Å². The largest absolute Gasteiger partial charge is 0.389 e. The molecule has 0 radical (unpaired) electrons. The molecule has 0 bridgehead atoms. The molecule has 3 aromatic rings. The molecule has 2 fully saturated rings. The molecule has 42 heavy (non-hydrogen) atoms. The Labute approximate surface area is 246 Å². The number of guanidine groups is 1. The Hall–Kier alpha value is -4.13. The van der Waals surface area contributed by atoms with E-state index >= 15 is 0 Å². The summed E-state index contributed by atoms with van der Waals surface area (Å²) in [6.45, 7) is 2.13. The molecule has 0 spiro atoms. The van der Waals surface area contributed by atoms with Crippen LogP contribution in [0.5, 0.6) is 0 Å². The molecule has 2 aromatic carbocycles. The number of rotatable bonds is 8. The van der Waals surface area contributed by atoms with Crippen molar-refractivity contribution in [1.29, 1.82) is 5.41 Å². The predicted molar refractivity (Wildman–Crippen MR) is 154 cm³/mol. The third kappa shape index (κ3) is 7.38. The number of carbonyl (C=O) groups excluding carboxylic acids is 1. The quantitative estimate of drug-likeness (QED) is 0.211. The highest BCUT2D eigenvalue weighted by Crippen LogP contribution is 2.48. The number of nitrogens with two attached hydrogens (primary N) is 1. The van der Waals surface area contributed by atoms with Crippen LogP contribution in [0.2, 0.25) is 5.02 Å². The van der Waals surface area contributed by atoms with Crippen LogP contribution in [0.25, 0.3) is 0 Å². The van der Waals surface area contributed by atoms with Gasteiger partial charge in [0.05, 0.1) is 12.0 Å². The van der Waals surface area contributed by atoms with Gasteiger partial charge in [0.25, 0.3) is 5.91 Å². The van der Waals surface area contributed by atoms with E-state index in [4.69, 9.17) is 22.7 Å². The van der Waals surface area contributed by atoms with E-state index < -0.39 is 24.6 Å². The minimum absolute atomic E-state index is 0.00439. The third-order valence-electron chi connectivity index (χ3n) is 7.32. The van der Waals surface area contributed by atoms with Gasteiger partial charge >= 0.3 is 6.18 Å². The van der Waals surface area contributed by atoms with Crippen LogP contribution in [0.15, 0.2) is 48.5 Å². The van der Waals surface area contributed by atoms with Crippen molar-refractivity contribution in [3.05, 3.63) is 70.5 Å². The van der Waals surface area contributed by atoms with Crippen molar-refractivity contribution in [3.8, 4) is 0 Å². The number of aromatic nitrogens is 3. The van der Waals surface area contributed by atoms with Gasteiger partial charge in [-0.15, -0.1) is 0 Å². The highest BCUT2D eigenvalue weighted by molar-refractivity contribution is 6.30. The molecule has 5 N–H and O–H groups in total. The first-order valence-corrected chi connectivity index (χ1v) is 14.0. The van der Waals surface area contributed by atoms with Crippen LogP contribution in [0.4, 0.5) is 30.8 Å². The lowest BCUT2D eigenvalue weighted by atomic mass is 10.1. The molecule has 2 aliphatic rings. The Morgan fingerprint density at radius 1 is 0.952 bits per heavy atom. The normalized spacial score (nSPS) is 16.5. The average molecular weight is 602 g/mol. The van der Waals surface area contributed by atoms with Crippen LogP contribution in [-0.2, 0) is 12.0 Å². The summed E-state index contributed by atoms with van der Waals surface area (Å²) in [6, 6.07) is 14.1. The first-order valence-electron chi connectivity index (χ1n) is 13.6. The fraction of sp³-hybridized carbons (Fsp3) is 0.393. The summed E-state index contributed by atoms with van der Waals surface area (Å²) in [5.74, 6) is 0.129. The highest BCUT2D eigenvalue weighted by atomic mass is 35.5. The summed E-state index contributed by atoms with van der Waals surface area (Å²) in [7, 11) is 0. The molecule has 5 rings (SSSR count). The molecular weight excluding hydrogens is 571 g/mol. The zero-order valence-electron chi connectivity index (χ0n) is 22.7. The van der Waals surface area contributed by atoms with Gasteiger partial charge in [-0.2, -0.15) is 28.1 Å². The van der Waals surface area contributed by atoms with Crippen LogP contribution in [0.3, 0.4) is 0 Å². The maximum atomic E-state index is 13.1. The van der Waals surface area contributed by atoms with Crippen LogP contribution >= 0.6 is 11.6 Å². The zero-order chi connectivity index (χ0) is 29.9. The van der Waals surface area contributed by atoms with E-state index in [0.29, 0.717) is 48.9 Å². The van der Waals surface area contributed by atoms with Crippen molar-refractivity contribution in [3.63, 3.8) is 0 Å². The van der Waals surface area contributed by atoms with Gasteiger partial charge in [-0.3, -0.25) is 10.2 Å². The van der Waals surface area contributed by atoms with Gasteiger partial charge in [0.2, 0.25) is 11.9 Å². The first kappa shape index (κ1) is 29.4. The van der Waals surface area contributed by atoms with Gasteiger partial charge < -0.3 is 26.2 Å². The zero-order valence-corrected chi connectivity index (χ0v) is 23.5. The van der Waals surface area contributed by atoms with E-state index in [9.17, 15) is 18.0 Å². The fourth-order valence-electron chi connectivity index (χ4n) is 4.86. The number of amides is 1. The van der Waals surface area contributed by atoms with Crippen LogP contribution < -0.4 is 16.4 Å². The molecule has 1 saturated carbocycles. The van der Waals surface area contributed by atoms with Gasteiger partial charge in [0.15, 0.2) is 5.96 Å². The van der Waals surface area contributed by atoms with Gasteiger partial charge in [0, 0.05) is 48.9 Å². The van der Waals surface area contributed by atoms with Crippen molar-refractivity contribution in [2.24, 2.45) is 5.73 Å². The van der Waals surface area contributed by atoms with Crippen molar-refractivity contribution < 1.29 is 18.0 Å². The second-order valence-corrected chi connectivity index (χ2v) is 10.9. The number of hydrogen-bond donors (Lipinski definition) is 4. The van der Waals surface area contributed by atoms with Crippen LogP contribution in [0.1, 0.15) is 47.4 Å². The number of halogens is 4. The number of benzene rings is 2. The van der Waals surface area contributed by atoms with Gasteiger partial charge in [-0.1, -0.05) is 23.7 Å². The molecule has 1 aliphatic heterocycles. The topological polar surface area (TPSA) is 136 Å². The molecule has 0 unspecified atom stereocenters. The summed E-state index contributed by atoms with van der Waals surface area (Å²) < 4.78 is 38.9. The molecule has 0 atom stereocenters. The van der Waals surface area contributed by atoms with Crippen molar-refractivity contribution >= 4 is 41.1 Å². The van der Waals surface area contributed by atoms with Gasteiger partial charge in [0.1, 0.15) is 5.82 Å². The fourth-order valence-corrected chi connectivity index (χ4v) is 4.99. The van der Waals surface area contributed by atoms with Crippen molar-refractivity contribution in [1.82, 2.24) is 24.8 Å². The SMILES string of the molecule is N=C(N)N1CCCN(C(=O)c2ccc(Nc3nc(CCC(F)(F)F)nc(NC4(c5ccc(Cl)cc5)CC4)n3)cc2)CC1. The molecule has 222 valence electrons. The monoisotopic (exact) mass is 601 g/mol. The summed E-state index contributed by atoms with van der Waals surface area (Å²) in [5, 5.41) is 14.6. The Kier molecular flexibility index (Phi) is 8.39. The lowest BCUT2D eigenvalue weighted by Crippen LogP contribution is -2.40. The third-order valence-corrected chi connectivity index (χ3v) is 7.58. The van der Waals surface area contributed by atoms with E-state index in [0.717, 1.165) is 18.4 Å². The Balaban J connectivity index is 1.31. The number of nitrogens with zero attached hydrogens (tertiary/aromatic N) is 5. The Morgan fingerprint density at radius 2 is 1.60 bits per heavy atom. The molecule has 2 heterocycles. The maximum Gasteiger partial charge on any atom is 0.389 e. The van der Waals surface area contributed by atoms with E-state index in [1.54, 1.807) is 46.2 Å². The van der Waals surface area contributed by atoms with Crippen molar-refractivity contribution in [2.45, 2.75) is 43.8 Å². The summed E-state index contributed by atoms with van der Waals surface area (Å²) in [5.41, 5.74) is 7.19. The van der Waals surface area contributed by atoms with Crippen LogP contribution in [0, 0.1) is 5.41 Å². The molecule has 1 amide bonds. The van der Waals surface area contributed by atoms with E-state index in [1.165, 1.54) is 0 Å². The summed E-state index contributed by atoms with van der Waals surface area (Å²) >= 11 is 6.03. The number of aryl methyl sites for hydroxylation is 1. The minimum Gasteiger partial charge on any atom is -0.370 e. The van der Waals surface area contributed by atoms with Gasteiger partial charge in [-0.25, -0.2) is 0 Å². The predicted octanol–water partition coefficient (Wildman–Crippen LogP) is 4.91. The van der Waals surface area contributed by atoms with E-state index in [1.807, 2.05) is 12.1 Å². The second kappa shape index (κ2) is 12.0. The number of hydrogen-bond acceptors (Lipinski definition) is 7. The molecule has 1 aromatic heterocycles. The van der Waals surface area contributed by atoms with Gasteiger partial charge in [-0.05, 0) is 61.2 Å². The minimum atomic E-state index is -4.35. The molecule has 14 heteroatoms. The number of anilines is 3. The summed E-state index contributed by atoms with van der Waals surface area (Å²) in [4.78, 5) is 29.5. The molecular formula is C28H31ClF3N9O. The number of alkyl halides is 3. The Morgan fingerprint density at radius 3 is 2.24 bits per heavy atom. The Bertz CT molecular complexity index is 1430. The molecule has 1 aliphatic carbocycles. The summed E-state index contributed by atoms with van der Waals surface area (Å²) in [6.07, 6.45) is -3.49. The number of nitrogens with one attached hydrogen (secondary N) is 3. The average Bonchev–Trinajstić information content (AvgIpc) is 3.76. The smallest absolute Gasteiger partial charge is 0.370 e.